The van der Waals surface area contributed by atoms with Gasteiger partial charge in [-0.3, -0.25) is 9.59 Å². The second kappa shape index (κ2) is 9.14. The summed E-state index contributed by atoms with van der Waals surface area (Å²) in [4.78, 5) is 25.5. The van der Waals surface area contributed by atoms with Crippen molar-refractivity contribution in [2.75, 3.05) is 5.32 Å². The summed E-state index contributed by atoms with van der Waals surface area (Å²) in [5, 5.41) is 4.71. The van der Waals surface area contributed by atoms with Gasteiger partial charge in [-0.05, 0) is 42.1 Å². The fourth-order valence-corrected chi connectivity index (χ4v) is 3.29. The molecule has 27 heavy (non-hydrogen) atoms. The van der Waals surface area contributed by atoms with Crippen LogP contribution in [0.3, 0.4) is 0 Å². The van der Waals surface area contributed by atoms with Crippen LogP contribution in [0.15, 0.2) is 72.1 Å². The number of carbonyl (C=O) groups is 2. The van der Waals surface area contributed by atoms with Gasteiger partial charge in [0.1, 0.15) is 5.75 Å². The largest absolute Gasteiger partial charge is 0.482 e. The third kappa shape index (κ3) is 5.05. The van der Waals surface area contributed by atoms with Crippen LogP contribution < -0.4 is 10.1 Å². The molecule has 138 valence electrons. The minimum absolute atomic E-state index is 0.0208. The second-order valence-corrected chi connectivity index (χ2v) is 7.03. The van der Waals surface area contributed by atoms with Crippen LogP contribution in [-0.2, 0) is 0 Å². The predicted molar refractivity (Wildman–Crippen MR) is 109 cm³/mol. The van der Waals surface area contributed by atoms with Crippen LogP contribution in [0.25, 0.3) is 0 Å². The van der Waals surface area contributed by atoms with E-state index in [0.29, 0.717) is 28.3 Å². The quantitative estimate of drug-likeness (QED) is 0.531. The minimum atomic E-state index is -0.524. The van der Waals surface area contributed by atoms with Crippen LogP contribution >= 0.6 is 11.3 Å². The van der Waals surface area contributed by atoms with Gasteiger partial charge in [-0.1, -0.05) is 49.7 Å². The summed E-state index contributed by atoms with van der Waals surface area (Å²) in [6, 6.07) is 19.9. The molecule has 2 aromatic carbocycles. The average molecular weight is 379 g/mol. The molecule has 0 aliphatic heterocycles. The van der Waals surface area contributed by atoms with Gasteiger partial charge in [0.05, 0.1) is 4.88 Å². The number of ketones is 1. The fraction of sp³-hybridized carbons (Fsp3) is 0.182. The Morgan fingerprint density at radius 3 is 2.37 bits per heavy atom. The standard InChI is InChI=1S/C22H21NO3S/c1-2-7-19(21(24)16-8-4-3-5-9-16)26-18-13-11-17(12-14-18)23-22(25)20-10-6-15-27-20/h3-6,8-15,19H,2,7H2,1H3,(H,23,25). The van der Waals surface area contributed by atoms with E-state index >= 15 is 0 Å². The molecular weight excluding hydrogens is 358 g/mol. The van der Waals surface area contributed by atoms with E-state index in [9.17, 15) is 9.59 Å². The molecule has 1 unspecified atom stereocenters. The molecule has 1 heterocycles. The highest BCUT2D eigenvalue weighted by molar-refractivity contribution is 7.12. The van der Waals surface area contributed by atoms with E-state index in [1.165, 1.54) is 11.3 Å². The zero-order valence-corrected chi connectivity index (χ0v) is 15.9. The number of benzene rings is 2. The third-order valence-electron chi connectivity index (χ3n) is 4.04. The van der Waals surface area contributed by atoms with Crippen molar-refractivity contribution < 1.29 is 14.3 Å². The number of hydrogen-bond acceptors (Lipinski definition) is 4. The van der Waals surface area contributed by atoms with Gasteiger partial charge in [0.25, 0.3) is 5.91 Å². The molecule has 1 atom stereocenters. The van der Waals surface area contributed by atoms with Gasteiger partial charge in [0, 0.05) is 11.3 Å². The zero-order valence-electron chi connectivity index (χ0n) is 15.1. The van der Waals surface area contributed by atoms with Crippen LogP contribution in [0.1, 0.15) is 39.8 Å². The van der Waals surface area contributed by atoms with E-state index in [1.807, 2.05) is 36.6 Å². The van der Waals surface area contributed by atoms with Gasteiger partial charge < -0.3 is 10.1 Å². The Bertz CT molecular complexity index is 874. The topological polar surface area (TPSA) is 55.4 Å². The van der Waals surface area contributed by atoms with Gasteiger partial charge in [-0.25, -0.2) is 0 Å². The highest BCUT2D eigenvalue weighted by atomic mass is 32.1. The number of Topliss-reactive ketones (excluding diaryl/α,β-unsaturated/α-hetero) is 1. The van der Waals surface area contributed by atoms with Crippen molar-refractivity contribution in [1.29, 1.82) is 0 Å². The summed E-state index contributed by atoms with van der Waals surface area (Å²) in [7, 11) is 0. The molecule has 0 saturated heterocycles. The first-order valence-electron chi connectivity index (χ1n) is 8.88. The van der Waals surface area contributed by atoms with Crippen molar-refractivity contribution in [3.8, 4) is 5.75 Å². The van der Waals surface area contributed by atoms with Gasteiger partial charge >= 0.3 is 0 Å². The van der Waals surface area contributed by atoms with Crippen LogP contribution in [0, 0.1) is 0 Å². The maximum absolute atomic E-state index is 12.7. The van der Waals surface area contributed by atoms with Crippen LogP contribution in [-0.4, -0.2) is 17.8 Å². The summed E-state index contributed by atoms with van der Waals surface area (Å²) < 4.78 is 5.94. The number of amides is 1. The van der Waals surface area contributed by atoms with Crippen LogP contribution in [0.5, 0.6) is 5.75 Å². The first-order valence-corrected chi connectivity index (χ1v) is 9.76. The summed E-state index contributed by atoms with van der Waals surface area (Å²) in [6.45, 7) is 2.03. The first kappa shape index (κ1) is 18.9. The molecule has 0 spiro atoms. The van der Waals surface area contributed by atoms with E-state index < -0.39 is 6.10 Å². The number of hydrogen-bond donors (Lipinski definition) is 1. The molecule has 5 heteroatoms. The van der Waals surface area contributed by atoms with Gasteiger partial charge in [-0.2, -0.15) is 0 Å². The van der Waals surface area contributed by atoms with Crippen molar-refractivity contribution >= 4 is 28.7 Å². The molecule has 0 saturated carbocycles. The maximum Gasteiger partial charge on any atom is 0.265 e. The van der Waals surface area contributed by atoms with E-state index in [-0.39, 0.29) is 11.7 Å². The predicted octanol–water partition coefficient (Wildman–Crippen LogP) is 5.43. The Balaban J connectivity index is 1.66. The zero-order chi connectivity index (χ0) is 19.1. The summed E-state index contributed by atoms with van der Waals surface area (Å²) in [5.74, 6) is 0.446. The van der Waals surface area contributed by atoms with E-state index in [1.54, 1.807) is 42.5 Å². The summed E-state index contributed by atoms with van der Waals surface area (Å²) in [6.07, 6.45) is 0.965. The van der Waals surface area contributed by atoms with Crippen molar-refractivity contribution in [3.05, 3.63) is 82.6 Å². The van der Waals surface area contributed by atoms with Crippen molar-refractivity contribution in [1.82, 2.24) is 0 Å². The molecule has 4 nitrogen and oxygen atoms in total. The third-order valence-corrected chi connectivity index (χ3v) is 4.91. The Morgan fingerprint density at radius 2 is 1.74 bits per heavy atom. The van der Waals surface area contributed by atoms with E-state index in [2.05, 4.69) is 5.32 Å². The molecule has 0 aliphatic carbocycles. The molecule has 3 aromatic rings. The number of nitrogens with one attached hydrogen (secondary N) is 1. The smallest absolute Gasteiger partial charge is 0.265 e. The highest BCUT2D eigenvalue weighted by Crippen LogP contribution is 2.21. The monoisotopic (exact) mass is 379 g/mol. The Labute approximate surface area is 162 Å². The maximum atomic E-state index is 12.7. The summed E-state index contributed by atoms with van der Waals surface area (Å²) >= 11 is 1.39. The molecule has 1 N–H and O–H groups in total. The lowest BCUT2D eigenvalue weighted by Crippen LogP contribution is -2.27. The van der Waals surface area contributed by atoms with Gasteiger partial charge in [0.15, 0.2) is 6.10 Å². The minimum Gasteiger partial charge on any atom is -0.482 e. The van der Waals surface area contributed by atoms with Crippen molar-refractivity contribution in [3.63, 3.8) is 0 Å². The molecule has 0 aliphatic rings. The number of anilines is 1. The number of ether oxygens (including phenoxy) is 1. The number of carbonyl (C=O) groups excluding carboxylic acids is 2. The second-order valence-electron chi connectivity index (χ2n) is 6.08. The van der Waals surface area contributed by atoms with Crippen molar-refractivity contribution in [2.24, 2.45) is 0 Å². The van der Waals surface area contributed by atoms with Crippen molar-refractivity contribution in [2.45, 2.75) is 25.9 Å². The lowest BCUT2D eigenvalue weighted by Gasteiger charge is -2.18. The average Bonchev–Trinajstić information content (AvgIpc) is 3.24. The van der Waals surface area contributed by atoms with Gasteiger partial charge in [0.2, 0.25) is 5.78 Å². The normalized spacial score (nSPS) is 11.6. The molecule has 3 rings (SSSR count). The molecule has 0 fully saturated rings. The van der Waals surface area contributed by atoms with Crippen LogP contribution in [0.4, 0.5) is 5.69 Å². The van der Waals surface area contributed by atoms with E-state index in [0.717, 1.165) is 6.42 Å². The highest BCUT2D eigenvalue weighted by Gasteiger charge is 2.21. The SMILES string of the molecule is CCCC(Oc1ccc(NC(=O)c2cccs2)cc1)C(=O)c1ccccc1. The van der Waals surface area contributed by atoms with Gasteiger partial charge in [-0.15, -0.1) is 11.3 Å². The lowest BCUT2D eigenvalue weighted by molar-refractivity contribution is 0.0777. The summed E-state index contributed by atoms with van der Waals surface area (Å²) in [5.41, 5.74) is 1.33. The fourth-order valence-electron chi connectivity index (χ4n) is 2.68. The Morgan fingerprint density at radius 1 is 1.00 bits per heavy atom. The molecule has 0 radical (unpaired) electrons. The number of thiophene rings is 1. The molecule has 1 amide bonds. The number of rotatable bonds is 8. The van der Waals surface area contributed by atoms with Crippen LogP contribution in [0.2, 0.25) is 0 Å². The lowest BCUT2D eigenvalue weighted by atomic mass is 10.0. The molecule has 0 bridgehead atoms. The Kier molecular flexibility index (Phi) is 6.39. The first-order chi connectivity index (χ1) is 13.2. The van der Waals surface area contributed by atoms with E-state index in [4.69, 9.17) is 4.74 Å². The molecular formula is C22H21NO3S. The Hall–Kier alpha value is -2.92. The molecule has 1 aromatic heterocycles.